The van der Waals surface area contributed by atoms with Crippen LogP contribution in [-0.2, 0) is 4.74 Å². The number of para-hydroxylation sites is 2. The summed E-state index contributed by atoms with van der Waals surface area (Å²) in [5.74, 6) is -0.721. The number of esters is 1. The molecule has 0 aliphatic heterocycles. The molecule has 0 spiro atoms. The average Bonchev–Trinajstić information content (AvgIpc) is 2.95. The van der Waals surface area contributed by atoms with Gasteiger partial charge in [-0.3, -0.25) is 4.57 Å². The van der Waals surface area contributed by atoms with Crippen molar-refractivity contribution in [3.8, 4) is 0 Å². The summed E-state index contributed by atoms with van der Waals surface area (Å²) in [7, 11) is 0. The lowest BCUT2D eigenvalue weighted by atomic mass is 10.3. The minimum absolute atomic E-state index is 0.0264. The zero-order valence-electron chi connectivity index (χ0n) is 12.5. The quantitative estimate of drug-likeness (QED) is 0.516. The van der Waals surface area contributed by atoms with Crippen LogP contribution in [0.4, 0.5) is 8.78 Å². The second-order valence-electron chi connectivity index (χ2n) is 5.02. The van der Waals surface area contributed by atoms with E-state index in [0.29, 0.717) is 5.52 Å². The predicted molar refractivity (Wildman–Crippen MR) is 84.1 cm³/mol. The van der Waals surface area contributed by atoms with Crippen molar-refractivity contribution >= 4 is 28.6 Å². The Balaban J connectivity index is 1.91. The molecule has 3 aromatic rings. The van der Waals surface area contributed by atoms with Crippen molar-refractivity contribution in [2.45, 2.75) is 19.6 Å². The van der Waals surface area contributed by atoms with E-state index in [-0.39, 0.29) is 22.1 Å². The minimum atomic E-state index is -2.80. The maximum Gasteiger partial charge on any atom is 0.340 e. The molecule has 0 radical (unpaired) electrons. The number of nitrogens with zero attached hydrogens (tertiary/aromatic N) is 3. The predicted octanol–water partition coefficient (Wildman–Crippen LogP) is 4.40. The first-order chi connectivity index (χ1) is 11.5. The van der Waals surface area contributed by atoms with Gasteiger partial charge in [-0.2, -0.15) is 8.78 Å². The van der Waals surface area contributed by atoms with Crippen LogP contribution in [0.5, 0.6) is 0 Å². The van der Waals surface area contributed by atoms with Crippen molar-refractivity contribution in [1.29, 1.82) is 0 Å². The zero-order chi connectivity index (χ0) is 17.3. The fourth-order valence-corrected chi connectivity index (χ4v) is 2.44. The van der Waals surface area contributed by atoms with Crippen LogP contribution in [0.3, 0.4) is 0 Å². The Hall–Kier alpha value is -2.54. The van der Waals surface area contributed by atoms with Gasteiger partial charge in [0.15, 0.2) is 11.9 Å². The monoisotopic (exact) mass is 351 g/mol. The normalized spacial score (nSPS) is 12.5. The van der Waals surface area contributed by atoms with E-state index in [1.165, 1.54) is 31.3 Å². The molecule has 0 saturated heterocycles. The lowest BCUT2D eigenvalue weighted by molar-refractivity contribution is 0.0233. The van der Waals surface area contributed by atoms with Crippen LogP contribution >= 0.6 is 11.6 Å². The molecular formula is C16H12ClF2N3O2. The number of hydrogen-bond acceptors (Lipinski definition) is 4. The summed E-state index contributed by atoms with van der Waals surface area (Å²) in [6.07, 6.45) is 0.294. The van der Waals surface area contributed by atoms with E-state index in [4.69, 9.17) is 16.3 Å². The summed E-state index contributed by atoms with van der Waals surface area (Å²) in [4.78, 5) is 20.1. The van der Waals surface area contributed by atoms with E-state index in [2.05, 4.69) is 9.97 Å². The lowest BCUT2D eigenvalue weighted by Gasteiger charge is -2.15. The summed E-state index contributed by atoms with van der Waals surface area (Å²) >= 11 is 5.66. The largest absolute Gasteiger partial charge is 0.451 e. The number of imidazole rings is 1. The van der Waals surface area contributed by atoms with Crippen molar-refractivity contribution in [3.63, 3.8) is 0 Å². The Kier molecular flexibility index (Phi) is 4.44. The first kappa shape index (κ1) is 16.3. The van der Waals surface area contributed by atoms with Crippen LogP contribution in [0.25, 0.3) is 11.0 Å². The molecule has 2 aromatic heterocycles. The highest BCUT2D eigenvalue weighted by atomic mass is 35.5. The zero-order valence-corrected chi connectivity index (χ0v) is 13.2. The van der Waals surface area contributed by atoms with Crippen LogP contribution in [0.2, 0.25) is 5.15 Å². The van der Waals surface area contributed by atoms with Gasteiger partial charge >= 0.3 is 12.5 Å². The molecule has 1 aromatic carbocycles. The summed E-state index contributed by atoms with van der Waals surface area (Å²) in [6, 6.07) is 9.39. The number of ether oxygens (including phenoxy) is 1. The fourth-order valence-electron chi connectivity index (χ4n) is 2.33. The molecule has 3 rings (SSSR count). The van der Waals surface area contributed by atoms with Crippen LogP contribution in [0.15, 0.2) is 42.6 Å². The summed E-state index contributed by atoms with van der Waals surface area (Å²) < 4.78 is 32.8. The molecule has 124 valence electrons. The minimum Gasteiger partial charge on any atom is -0.451 e. The van der Waals surface area contributed by atoms with Crippen molar-refractivity contribution in [2.75, 3.05) is 0 Å². The topological polar surface area (TPSA) is 57.0 Å². The number of carbonyl (C=O) groups is 1. The van der Waals surface area contributed by atoms with Gasteiger partial charge in [0.25, 0.3) is 0 Å². The van der Waals surface area contributed by atoms with Gasteiger partial charge in [-0.05, 0) is 31.2 Å². The summed E-state index contributed by atoms with van der Waals surface area (Å²) in [6.45, 7) is -1.31. The number of carbonyl (C=O) groups excluding carboxylic acids is 1. The smallest absolute Gasteiger partial charge is 0.340 e. The van der Waals surface area contributed by atoms with Crippen LogP contribution in [0, 0.1) is 0 Å². The molecule has 24 heavy (non-hydrogen) atoms. The van der Waals surface area contributed by atoms with Gasteiger partial charge in [-0.1, -0.05) is 23.7 Å². The second-order valence-corrected chi connectivity index (χ2v) is 5.41. The van der Waals surface area contributed by atoms with Gasteiger partial charge in [-0.25, -0.2) is 14.8 Å². The van der Waals surface area contributed by atoms with E-state index in [1.807, 2.05) is 0 Å². The molecule has 5 nitrogen and oxygen atoms in total. The van der Waals surface area contributed by atoms with Crippen LogP contribution in [0.1, 0.15) is 35.8 Å². The van der Waals surface area contributed by atoms with Crippen molar-refractivity contribution in [3.05, 3.63) is 59.1 Å². The number of aromatic nitrogens is 3. The number of halogens is 3. The first-order valence-electron chi connectivity index (χ1n) is 7.05. The fraction of sp³-hybridized carbons (Fsp3) is 0.188. The Labute approximate surface area is 140 Å². The van der Waals surface area contributed by atoms with E-state index < -0.39 is 18.6 Å². The molecule has 1 unspecified atom stereocenters. The van der Waals surface area contributed by atoms with Gasteiger partial charge in [0, 0.05) is 6.20 Å². The number of alkyl halides is 2. The molecule has 2 heterocycles. The third-order valence-corrected chi connectivity index (χ3v) is 3.65. The molecule has 0 fully saturated rings. The van der Waals surface area contributed by atoms with Gasteiger partial charge in [0.1, 0.15) is 5.15 Å². The third-order valence-electron chi connectivity index (χ3n) is 3.43. The van der Waals surface area contributed by atoms with Crippen molar-refractivity contribution in [1.82, 2.24) is 14.5 Å². The highest BCUT2D eigenvalue weighted by Crippen LogP contribution is 2.28. The highest BCUT2D eigenvalue weighted by Gasteiger charge is 2.24. The standard InChI is InChI=1S/C16H12ClF2N3O2/c1-9(24-15(23)10-6-7-13(17)20-8-10)14-21-11-4-2-3-5-12(11)22(14)16(18)19/h2-9,16H,1H3. The third kappa shape index (κ3) is 3.07. The lowest BCUT2D eigenvalue weighted by Crippen LogP contribution is -2.14. The Bertz CT molecular complexity index is 881. The number of fused-ring (bicyclic) bond motifs is 1. The molecular weight excluding hydrogens is 340 g/mol. The van der Waals surface area contributed by atoms with Crippen LogP contribution in [-0.4, -0.2) is 20.5 Å². The molecule has 0 amide bonds. The van der Waals surface area contributed by atoms with Crippen molar-refractivity contribution < 1.29 is 18.3 Å². The van der Waals surface area contributed by atoms with Gasteiger partial charge in [-0.15, -0.1) is 0 Å². The maximum atomic E-state index is 13.4. The second kappa shape index (κ2) is 6.52. The van der Waals surface area contributed by atoms with Gasteiger partial charge < -0.3 is 4.74 Å². The summed E-state index contributed by atoms with van der Waals surface area (Å²) in [5, 5.41) is 0.235. The molecule has 0 saturated carbocycles. The molecule has 0 bridgehead atoms. The molecule has 0 aliphatic rings. The average molecular weight is 352 g/mol. The molecule has 8 heteroatoms. The van der Waals surface area contributed by atoms with Gasteiger partial charge in [0.05, 0.1) is 16.6 Å². The number of rotatable bonds is 4. The molecule has 1 atom stereocenters. The first-order valence-corrected chi connectivity index (χ1v) is 7.42. The number of benzene rings is 1. The molecule has 0 N–H and O–H groups in total. The van der Waals surface area contributed by atoms with Crippen molar-refractivity contribution in [2.24, 2.45) is 0 Å². The van der Waals surface area contributed by atoms with E-state index >= 15 is 0 Å². The maximum absolute atomic E-state index is 13.4. The van der Waals surface area contributed by atoms with E-state index in [9.17, 15) is 13.6 Å². The van der Waals surface area contributed by atoms with Crippen LogP contribution < -0.4 is 0 Å². The van der Waals surface area contributed by atoms with E-state index in [1.54, 1.807) is 18.2 Å². The Morgan fingerprint density at radius 1 is 1.25 bits per heavy atom. The van der Waals surface area contributed by atoms with Gasteiger partial charge in [0.2, 0.25) is 0 Å². The number of pyridine rings is 1. The van der Waals surface area contributed by atoms with E-state index in [0.717, 1.165) is 4.57 Å². The SMILES string of the molecule is CC(OC(=O)c1ccc(Cl)nc1)c1nc2ccccc2n1C(F)F. The number of hydrogen-bond donors (Lipinski definition) is 0. The summed E-state index contributed by atoms with van der Waals surface area (Å²) in [5.41, 5.74) is 0.855. The highest BCUT2D eigenvalue weighted by molar-refractivity contribution is 6.29. The Morgan fingerprint density at radius 3 is 2.67 bits per heavy atom. The molecule has 0 aliphatic carbocycles. The Morgan fingerprint density at radius 2 is 2.00 bits per heavy atom.